The number of rotatable bonds is 3. The third kappa shape index (κ3) is 3.94. The lowest BCUT2D eigenvalue weighted by molar-refractivity contribution is 0.0249. The topological polar surface area (TPSA) is 52.5 Å². The van der Waals surface area contributed by atoms with Crippen LogP contribution >= 0.6 is 0 Å². The van der Waals surface area contributed by atoms with Crippen LogP contribution in [0.4, 0.5) is 0 Å². The Bertz CT molecular complexity index is 218. The average molecular weight is 241 g/mol. The fourth-order valence-electron chi connectivity index (χ4n) is 3.22. The van der Waals surface area contributed by atoms with Gasteiger partial charge in [-0.1, -0.05) is 19.8 Å². The molecule has 0 heterocycles. The van der Waals surface area contributed by atoms with Crippen molar-refractivity contribution in [2.75, 3.05) is 0 Å². The van der Waals surface area contributed by atoms with Gasteiger partial charge < -0.3 is 10.2 Å². The summed E-state index contributed by atoms with van der Waals surface area (Å²) >= 11 is 0. The largest absolute Gasteiger partial charge is 0.393 e. The van der Waals surface area contributed by atoms with Crippen LogP contribution in [-0.2, 0) is 0 Å². The van der Waals surface area contributed by atoms with Gasteiger partial charge in [-0.2, -0.15) is 0 Å². The summed E-state index contributed by atoms with van der Waals surface area (Å²) in [5.74, 6) is 1.28. The second kappa shape index (κ2) is 6.17. The Hall–Kier alpha value is -0.120. The van der Waals surface area contributed by atoms with E-state index >= 15 is 0 Å². The molecule has 1 atom stereocenters. The van der Waals surface area contributed by atoms with Crippen molar-refractivity contribution in [3.05, 3.63) is 0 Å². The van der Waals surface area contributed by atoms with Gasteiger partial charge in [-0.05, 0) is 50.4 Å². The van der Waals surface area contributed by atoms with E-state index in [0.717, 1.165) is 44.4 Å². The molecule has 0 aliphatic heterocycles. The molecule has 3 heteroatoms. The molecule has 2 aliphatic rings. The van der Waals surface area contributed by atoms with E-state index in [1.54, 1.807) is 0 Å². The van der Waals surface area contributed by atoms with Crippen LogP contribution in [0.3, 0.4) is 0 Å². The standard InChI is InChI=1S/C14H27NO2/c1-10-2-4-11(5-3-10)14(17)15-12-6-8-13(16)9-7-12/h10-17H,2-9H2,1H3/t10?,11?,12?,13?,14-/m1/s1. The highest BCUT2D eigenvalue weighted by molar-refractivity contribution is 4.81. The van der Waals surface area contributed by atoms with Crippen molar-refractivity contribution in [1.29, 1.82) is 0 Å². The van der Waals surface area contributed by atoms with Gasteiger partial charge in [0.1, 0.15) is 6.23 Å². The molecule has 0 radical (unpaired) electrons. The fourth-order valence-corrected chi connectivity index (χ4v) is 3.22. The Balaban J connectivity index is 1.71. The molecule has 0 spiro atoms. The summed E-state index contributed by atoms with van der Waals surface area (Å²) in [6, 6.07) is 0.410. The van der Waals surface area contributed by atoms with Crippen LogP contribution in [0.25, 0.3) is 0 Å². The maximum Gasteiger partial charge on any atom is 0.107 e. The smallest absolute Gasteiger partial charge is 0.107 e. The number of hydrogen-bond donors (Lipinski definition) is 3. The maximum atomic E-state index is 10.2. The normalized spacial score (nSPS) is 41.1. The van der Waals surface area contributed by atoms with E-state index in [9.17, 15) is 10.2 Å². The molecule has 100 valence electrons. The first-order valence-electron chi connectivity index (χ1n) is 7.27. The number of hydrogen-bond acceptors (Lipinski definition) is 3. The van der Waals surface area contributed by atoms with E-state index < -0.39 is 0 Å². The first-order valence-corrected chi connectivity index (χ1v) is 7.27. The molecule has 2 rings (SSSR count). The van der Waals surface area contributed by atoms with Crippen molar-refractivity contribution >= 4 is 0 Å². The Morgan fingerprint density at radius 2 is 1.53 bits per heavy atom. The Kier molecular flexibility index (Phi) is 4.83. The highest BCUT2D eigenvalue weighted by atomic mass is 16.3. The third-order valence-electron chi connectivity index (χ3n) is 4.61. The van der Waals surface area contributed by atoms with Crippen molar-refractivity contribution in [2.24, 2.45) is 11.8 Å². The molecule has 3 nitrogen and oxygen atoms in total. The summed E-state index contributed by atoms with van der Waals surface area (Å²) in [5, 5.41) is 23.0. The molecular formula is C14H27NO2. The zero-order chi connectivity index (χ0) is 12.3. The third-order valence-corrected chi connectivity index (χ3v) is 4.61. The Morgan fingerprint density at radius 1 is 0.941 bits per heavy atom. The summed E-state index contributed by atoms with van der Waals surface area (Å²) in [5.41, 5.74) is 0. The highest BCUT2D eigenvalue weighted by Crippen LogP contribution is 2.30. The molecule has 2 fully saturated rings. The summed E-state index contributed by atoms with van der Waals surface area (Å²) in [7, 11) is 0. The molecular weight excluding hydrogens is 214 g/mol. The van der Waals surface area contributed by atoms with Crippen LogP contribution in [0.1, 0.15) is 58.3 Å². The van der Waals surface area contributed by atoms with E-state index in [2.05, 4.69) is 12.2 Å². The van der Waals surface area contributed by atoms with Gasteiger partial charge in [0.15, 0.2) is 0 Å². The molecule has 3 N–H and O–H groups in total. The van der Waals surface area contributed by atoms with Gasteiger partial charge in [0.25, 0.3) is 0 Å². The summed E-state index contributed by atoms with van der Waals surface area (Å²) in [4.78, 5) is 0. The molecule has 0 bridgehead atoms. The fraction of sp³-hybridized carbons (Fsp3) is 1.00. The second-order valence-corrected chi connectivity index (χ2v) is 6.14. The van der Waals surface area contributed by atoms with E-state index in [1.807, 2.05) is 0 Å². The summed E-state index contributed by atoms with van der Waals surface area (Å²) in [6.45, 7) is 2.30. The van der Waals surface area contributed by atoms with Crippen molar-refractivity contribution < 1.29 is 10.2 Å². The molecule has 2 aliphatic carbocycles. The number of aliphatic hydroxyl groups is 2. The molecule has 17 heavy (non-hydrogen) atoms. The van der Waals surface area contributed by atoms with E-state index in [1.165, 1.54) is 12.8 Å². The maximum absolute atomic E-state index is 10.2. The lowest BCUT2D eigenvalue weighted by atomic mass is 9.81. The molecule has 2 saturated carbocycles. The molecule has 0 aromatic heterocycles. The van der Waals surface area contributed by atoms with Crippen LogP contribution in [0.15, 0.2) is 0 Å². The van der Waals surface area contributed by atoms with Crippen molar-refractivity contribution in [2.45, 2.75) is 76.7 Å². The van der Waals surface area contributed by atoms with E-state index in [4.69, 9.17) is 0 Å². The van der Waals surface area contributed by atoms with Crippen LogP contribution in [0.5, 0.6) is 0 Å². The SMILES string of the molecule is CC1CCC([C@@H](O)NC2CCC(O)CC2)CC1. The predicted octanol–water partition coefficient (Wildman–Crippen LogP) is 2.02. The molecule has 0 saturated heterocycles. The van der Waals surface area contributed by atoms with Crippen molar-refractivity contribution in [3.63, 3.8) is 0 Å². The number of nitrogens with one attached hydrogen (secondary N) is 1. The predicted molar refractivity (Wildman–Crippen MR) is 68.5 cm³/mol. The lowest BCUT2D eigenvalue weighted by Crippen LogP contribution is -2.45. The molecule has 0 aromatic rings. The second-order valence-electron chi connectivity index (χ2n) is 6.14. The van der Waals surface area contributed by atoms with Gasteiger partial charge in [0.2, 0.25) is 0 Å². The van der Waals surface area contributed by atoms with Gasteiger partial charge in [0, 0.05) is 6.04 Å². The van der Waals surface area contributed by atoms with Crippen LogP contribution in [0, 0.1) is 11.8 Å². The van der Waals surface area contributed by atoms with Gasteiger partial charge in [-0.15, -0.1) is 0 Å². The minimum Gasteiger partial charge on any atom is -0.393 e. The Morgan fingerprint density at radius 3 is 2.12 bits per heavy atom. The first kappa shape index (κ1) is 13.3. The van der Waals surface area contributed by atoms with Crippen molar-refractivity contribution in [3.8, 4) is 0 Å². The molecule has 0 amide bonds. The highest BCUT2D eigenvalue weighted by Gasteiger charge is 2.27. The zero-order valence-corrected chi connectivity index (χ0v) is 10.9. The lowest BCUT2D eigenvalue weighted by Gasteiger charge is -2.34. The molecule has 0 unspecified atom stereocenters. The van der Waals surface area contributed by atoms with Crippen molar-refractivity contribution in [1.82, 2.24) is 5.32 Å². The molecule has 0 aromatic carbocycles. The van der Waals surface area contributed by atoms with Gasteiger partial charge in [-0.3, -0.25) is 5.32 Å². The number of aliphatic hydroxyl groups excluding tert-OH is 2. The van der Waals surface area contributed by atoms with Gasteiger partial charge >= 0.3 is 0 Å². The van der Waals surface area contributed by atoms with E-state index in [0.29, 0.717) is 12.0 Å². The van der Waals surface area contributed by atoms with Crippen LogP contribution < -0.4 is 5.32 Å². The minimum absolute atomic E-state index is 0.110. The summed E-state index contributed by atoms with van der Waals surface area (Å²) in [6.07, 6.45) is 8.15. The quantitative estimate of drug-likeness (QED) is 0.663. The Labute approximate surface area is 105 Å². The first-order chi connectivity index (χ1) is 8.15. The average Bonchev–Trinajstić information content (AvgIpc) is 2.33. The van der Waals surface area contributed by atoms with Gasteiger partial charge in [0.05, 0.1) is 6.10 Å². The van der Waals surface area contributed by atoms with Crippen LogP contribution in [0.2, 0.25) is 0 Å². The van der Waals surface area contributed by atoms with Gasteiger partial charge in [-0.25, -0.2) is 0 Å². The van der Waals surface area contributed by atoms with Crippen LogP contribution in [-0.4, -0.2) is 28.6 Å². The summed E-state index contributed by atoms with van der Waals surface area (Å²) < 4.78 is 0. The zero-order valence-electron chi connectivity index (χ0n) is 10.9. The van der Waals surface area contributed by atoms with E-state index in [-0.39, 0.29) is 12.3 Å². The minimum atomic E-state index is -0.331. The monoisotopic (exact) mass is 241 g/mol.